The molecule has 2 aromatic rings. The molecule has 0 aliphatic carbocycles. The van der Waals surface area contributed by atoms with Crippen LogP contribution < -0.4 is 4.72 Å². The quantitative estimate of drug-likeness (QED) is 0.898. The van der Waals surface area contributed by atoms with Gasteiger partial charge in [-0.3, -0.25) is 0 Å². The maximum atomic E-state index is 12.8. The number of hydrogen-bond acceptors (Lipinski definition) is 4. The van der Waals surface area contributed by atoms with E-state index in [1.807, 2.05) is 30.8 Å². The van der Waals surface area contributed by atoms with E-state index >= 15 is 0 Å². The Hall–Kier alpha value is -1.70. The Labute approximate surface area is 142 Å². The van der Waals surface area contributed by atoms with Crippen molar-refractivity contribution in [3.63, 3.8) is 0 Å². The summed E-state index contributed by atoms with van der Waals surface area (Å²) in [6.07, 6.45) is 5.51. The van der Waals surface area contributed by atoms with Crippen LogP contribution in [0.3, 0.4) is 0 Å². The van der Waals surface area contributed by atoms with Crippen molar-refractivity contribution in [3.05, 3.63) is 48.0 Å². The number of nitrogens with one attached hydrogen (secondary N) is 1. The molecule has 6 nitrogen and oxygen atoms in total. The molecule has 0 radical (unpaired) electrons. The number of nitrogens with zero attached hydrogens (tertiary/aromatic N) is 2. The predicted molar refractivity (Wildman–Crippen MR) is 91.1 cm³/mol. The van der Waals surface area contributed by atoms with Crippen LogP contribution in [0.15, 0.2) is 41.6 Å². The summed E-state index contributed by atoms with van der Waals surface area (Å²) in [5.74, 6) is 0.740. The van der Waals surface area contributed by atoms with Crippen LogP contribution in [-0.4, -0.2) is 30.6 Å². The van der Waals surface area contributed by atoms with Gasteiger partial charge in [0.05, 0.1) is 10.9 Å². The third-order valence-electron chi connectivity index (χ3n) is 4.36. The van der Waals surface area contributed by atoms with Gasteiger partial charge in [-0.15, -0.1) is 0 Å². The van der Waals surface area contributed by atoms with Gasteiger partial charge in [-0.2, -0.15) is 0 Å². The van der Waals surface area contributed by atoms with Crippen LogP contribution in [0.1, 0.15) is 37.3 Å². The summed E-state index contributed by atoms with van der Waals surface area (Å²) in [7, 11) is -1.71. The van der Waals surface area contributed by atoms with E-state index in [0.29, 0.717) is 11.5 Å². The summed E-state index contributed by atoms with van der Waals surface area (Å²) >= 11 is 0. The zero-order valence-electron chi connectivity index (χ0n) is 14.0. The highest BCUT2D eigenvalue weighted by atomic mass is 32.2. The fourth-order valence-corrected chi connectivity index (χ4v) is 4.35. The van der Waals surface area contributed by atoms with Crippen molar-refractivity contribution in [2.24, 2.45) is 7.05 Å². The van der Waals surface area contributed by atoms with E-state index in [4.69, 9.17) is 4.74 Å². The Kier molecular flexibility index (Phi) is 5.03. The minimum atomic E-state index is -3.60. The first-order valence-corrected chi connectivity index (χ1v) is 9.69. The fraction of sp³-hybridized carbons (Fsp3) is 0.471. The van der Waals surface area contributed by atoms with Gasteiger partial charge < -0.3 is 9.30 Å². The highest BCUT2D eigenvalue weighted by Crippen LogP contribution is 2.28. The second-order valence-electron chi connectivity index (χ2n) is 6.06. The average Bonchev–Trinajstić information content (AvgIpc) is 3.01. The first-order chi connectivity index (χ1) is 11.5. The standard InChI is InChI=1S/C17H23N3O3S/c1-3-13-6-4-7-14(12-13)24(21,22)19-15-8-5-11-23-16(15)17-18-9-10-20(17)2/h4,6-7,9-10,12,15-16,19H,3,5,8,11H2,1-2H3/t15-,16-/m1/s1. The fourth-order valence-electron chi connectivity index (χ4n) is 3.01. The Balaban J connectivity index is 1.85. The Morgan fingerprint density at radius 2 is 2.25 bits per heavy atom. The molecule has 0 bridgehead atoms. The molecule has 1 saturated heterocycles. The van der Waals surface area contributed by atoms with Crippen molar-refractivity contribution in [1.29, 1.82) is 0 Å². The van der Waals surface area contributed by atoms with Crippen molar-refractivity contribution in [3.8, 4) is 0 Å². The number of aryl methyl sites for hydroxylation is 2. The molecule has 1 N–H and O–H groups in total. The van der Waals surface area contributed by atoms with Crippen LogP contribution in [0.2, 0.25) is 0 Å². The zero-order chi connectivity index (χ0) is 17.2. The molecule has 1 aliphatic rings. The lowest BCUT2D eigenvalue weighted by Gasteiger charge is -2.31. The molecule has 2 heterocycles. The second kappa shape index (κ2) is 7.04. The molecule has 0 spiro atoms. The number of aromatic nitrogens is 2. The summed E-state index contributed by atoms with van der Waals surface area (Å²) in [6.45, 7) is 2.62. The van der Waals surface area contributed by atoms with E-state index in [2.05, 4.69) is 9.71 Å². The molecule has 2 atom stereocenters. The molecule has 24 heavy (non-hydrogen) atoms. The molecule has 0 unspecified atom stereocenters. The summed E-state index contributed by atoms with van der Waals surface area (Å²) in [6, 6.07) is 6.73. The normalized spacial score (nSPS) is 21.8. The van der Waals surface area contributed by atoms with Gasteiger partial charge >= 0.3 is 0 Å². The average molecular weight is 349 g/mol. The van der Waals surface area contributed by atoms with Crippen LogP contribution >= 0.6 is 0 Å². The molecule has 7 heteroatoms. The van der Waals surface area contributed by atoms with Crippen molar-refractivity contribution in [2.75, 3.05) is 6.61 Å². The Morgan fingerprint density at radius 1 is 1.42 bits per heavy atom. The van der Waals surface area contributed by atoms with E-state index in [1.54, 1.807) is 24.4 Å². The maximum Gasteiger partial charge on any atom is 0.240 e. The maximum absolute atomic E-state index is 12.8. The smallest absolute Gasteiger partial charge is 0.240 e. The van der Waals surface area contributed by atoms with Crippen LogP contribution in [0.4, 0.5) is 0 Å². The predicted octanol–water partition coefficient (Wildman–Crippen LogP) is 2.18. The second-order valence-corrected chi connectivity index (χ2v) is 7.77. The molecular formula is C17H23N3O3S. The lowest BCUT2D eigenvalue weighted by Crippen LogP contribution is -2.43. The van der Waals surface area contributed by atoms with E-state index in [1.165, 1.54) is 0 Å². The minimum Gasteiger partial charge on any atom is -0.369 e. The van der Waals surface area contributed by atoms with E-state index < -0.39 is 10.0 Å². The number of hydrogen-bond donors (Lipinski definition) is 1. The van der Waals surface area contributed by atoms with Gasteiger partial charge in [0.2, 0.25) is 10.0 Å². The van der Waals surface area contributed by atoms with Crippen molar-refractivity contribution < 1.29 is 13.2 Å². The molecule has 1 aromatic heterocycles. The van der Waals surface area contributed by atoms with Gasteiger partial charge in [-0.05, 0) is 37.0 Å². The van der Waals surface area contributed by atoms with Crippen molar-refractivity contribution >= 4 is 10.0 Å². The van der Waals surface area contributed by atoms with E-state index in [-0.39, 0.29) is 12.1 Å². The minimum absolute atomic E-state index is 0.297. The summed E-state index contributed by atoms with van der Waals surface area (Å²) in [5, 5.41) is 0. The lowest BCUT2D eigenvalue weighted by atomic mass is 10.0. The molecule has 1 fully saturated rings. The first kappa shape index (κ1) is 17.1. The molecule has 130 valence electrons. The third-order valence-corrected chi connectivity index (χ3v) is 5.85. The largest absolute Gasteiger partial charge is 0.369 e. The molecular weight excluding hydrogens is 326 g/mol. The highest BCUT2D eigenvalue weighted by Gasteiger charge is 2.33. The topological polar surface area (TPSA) is 73.2 Å². The molecule has 0 saturated carbocycles. The monoisotopic (exact) mass is 349 g/mol. The Morgan fingerprint density at radius 3 is 2.96 bits per heavy atom. The summed E-state index contributed by atoms with van der Waals surface area (Å²) < 4.78 is 36.1. The van der Waals surface area contributed by atoms with Gasteiger partial charge in [0.15, 0.2) is 0 Å². The number of benzene rings is 1. The van der Waals surface area contributed by atoms with Crippen LogP contribution in [0.5, 0.6) is 0 Å². The van der Waals surface area contributed by atoms with Crippen LogP contribution in [0, 0.1) is 0 Å². The zero-order valence-corrected chi connectivity index (χ0v) is 14.8. The number of sulfonamides is 1. The Bertz CT molecular complexity index is 801. The van der Waals surface area contributed by atoms with Crippen LogP contribution in [0.25, 0.3) is 0 Å². The van der Waals surface area contributed by atoms with Crippen molar-refractivity contribution in [1.82, 2.24) is 14.3 Å². The third kappa shape index (κ3) is 3.53. The van der Waals surface area contributed by atoms with Gasteiger partial charge in [0.1, 0.15) is 11.9 Å². The SMILES string of the molecule is CCc1cccc(S(=O)(=O)N[C@@H]2CCCO[C@H]2c2nccn2C)c1. The van der Waals surface area contributed by atoms with E-state index in [0.717, 1.165) is 30.7 Å². The van der Waals surface area contributed by atoms with Gasteiger partial charge in [0, 0.05) is 26.0 Å². The van der Waals surface area contributed by atoms with Gasteiger partial charge in [-0.1, -0.05) is 19.1 Å². The molecule has 1 aromatic carbocycles. The molecule has 3 rings (SSSR count). The van der Waals surface area contributed by atoms with Crippen LogP contribution in [-0.2, 0) is 28.2 Å². The summed E-state index contributed by atoms with van der Waals surface area (Å²) in [4.78, 5) is 4.62. The summed E-state index contributed by atoms with van der Waals surface area (Å²) in [5.41, 5.74) is 0.999. The number of imidazole rings is 1. The number of rotatable bonds is 5. The van der Waals surface area contributed by atoms with Crippen molar-refractivity contribution in [2.45, 2.75) is 43.2 Å². The number of ether oxygens (including phenoxy) is 1. The first-order valence-electron chi connectivity index (χ1n) is 8.21. The van der Waals surface area contributed by atoms with Gasteiger partial charge in [-0.25, -0.2) is 18.1 Å². The van der Waals surface area contributed by atoms with Gasteiger partial charge in [0.25, 0.3) is 0 Å². The molecule has 0 amide bonds. The molecule has 1 aliphatic heterocycles. The van der Waals surface area contributed by atoms with E-state index in [9.17, 15) is 8.42 Å². The lowest BCUT2D eigenvalue weighted by molar-refractivity contribution is -0.0112. The highest BCUT2D eigenvalue weighted by molar-refractivity contribution is 7.89.